The summed E-state index contributed by atoms with van der Waals surface area (Å²) in [7, 11) is 0. The number of nitrogens with zero attached hydrogens (tertiary/aromatic N) is 1. The molecular formula is C13H10F4N2OS. The number of nitrogens with one attached hydrogen (secondary N) is 1. The molecule has 1 aromatic carbocycles. The summed E-state index contributed by atoms with van der Waals surface area (Å²) in [5, 5.41) is 2.53. The van der Waals surface area contributed by atoms with Gasteiger partial charge in [-0.25, -0.2) is 9.37 Å². The summed E-state index contributed by atoms with van der Waals surface area (Å²) < 4.78 is 51.0. The van der Waals surface area contributed by atoms with Gasteiger partial charge in [0.05, 0.1) is 5.01 Å². The molecule has 0 aliphatic carbocycles. The molecule has 2 rings (SSSR count). The van der Waals surface area contributed by atoms with E-state index in [2.05, 4.69) is 10.3 Å². The van der Waals surface area contributed by atoms with Crippen LogP contribution in [0.25, 0.3) is 0 Å². The Balaban J connectivity index is 2.12. The van der Waals surface area contributed by atoms with E-state index in [-0.39, 0.29) is 11.6 Å². The van der Waals surface area contributed by atoms with Crippen molar-refractivity contribution in [1.29, 1.82) is 0 Å². The summed E-state index contributed by atoms with van der Waals surface area (Å²) in [6, 6.07) is 5.30. The molecule has 2 aromatic rings. The van der Waals surface area contributed by atoms with Gasteiger partial charge in [0.15, 0.2) is 5.69 Å². The van der Waals surface area contributed by atoms with Crippen molar-refractivity contribution in [1.82, 2.24) is 10.3 Å². The lowest BCUT2D eigenvalue weighted by molar-refractivity contribution is -0.141. The third kappa shape index (κ3) is 3.78. The second-order valence-electron chi connectivity index (χ2n) is 4.22. The molecule has 0 unspecified atom stereocenters. The topological polar surface area (TPSA) is 42.0 Å². The highest BCUT2D eigenvalue weighted by atomic mass is 32.1. The summed E-state index contributed by atoms with van der Waals surface area (Å²) in [5.41, 5.74) is -0.596. The van der Waals surface area contributed by atoms with Gasteiger partial charge in [-0.15, -0.1) is 11.3 Å². The second kappa shape index (κ2) is 5.80. The first kappa shape index (κ1) is 15.4. The fourth-order valence-corrected chi connectivity index (χ4v) is 2.49. The molecule has 1 amide bonds. The van der Waals surface area contributed by atoms with Crippen molar-refractivity contribution >= 4 is 17.2 Å². The van der Waals surface area contributed by atoms with Gasteiger partial charge in [0.25, 0.3) is 5.91 Å². The van der Waals surface area contributed by atoms with Crippen LogP contribution in [0.15, 0.2) is 24.3 Å². The van der Waals surface area contributed by atoms with Crippen LogP contribution >= 0.6 is 11.3 Å². The summed E-state index contributed by atoms with van der Waals surface area (Å²) in [6.45, 7) is 1.41. The number of benzene rings is 1. The van der Waals surface area contributed by atoms with Crippen LogP contribution in [-0.2, 0) is 12.7 Å². The lowest BCUT2D eigenvalue weighted by atomic mass is 10.2. The number of carbonyl (C=O) groups excluding carboxylic acids is 1. The van der Waals surface area contributed by atoms with Crippen LogP contribution in [0.3, 0.4) is 0 Å². The fraction of sp³-hybridized carbons (Fsp3) is 0.231. The normalized spacial score (nSPS) is 11.5. The number of halogens is 4. The maximum atomic E-state index is 12.8. The highest BCUT2D eigenvalue weighted by molar-refractivity contribution is 7.13. The van der Waals surface area contributed by atoms with Crippen LogP contribution in [0.5, 0.6) is 0 Å². The van der Waals surface area contributed by atoms with E-state index < -0.39 is 28.5 Å². The maximum Gasteiger partial charge on any atom is 0.435 e. The lowest BCUT2D eigenvalue weighted by Gasteiger charge is -2.07. The average molecular weight is 318 g/mol. The van der Waals surface area contributed by atoms with Gasteiger partial charge < -0.3 is 5.32 Å². The number of hydrogen-bond donors (Lipinski definition) is 1. The Labute approximate surface area is 121 Å². The zero-order chi connectivity index (χ0) is 15.6. The minimum absolute atomic E-state index is 0.00730. The van der Waals surface area contributed by atoms with Gasteiger partial charge >= 0.3 is 6.18 Å². The smallest absolute Gasteiger partial charge is 0.347 e. The number of rotatable bonds is 3. The Hall–Kier alpha value is -1.96. The Bertz CT molecular complexity index is 649. The van der Waals surface area contributed by atoms with Crippen LogP contribution < -0.4 is 5.32 Å². The largest absolute Gasteiger partial charge is 0.435 e. The Morgan fingerprint density at radius 2 is 1.90 bits per heavy atom. The van der Waals surface area contributed by atoms with Crippen molar-refractivity contribution < 1.29 is 22.4 Å². The molecule has 1 N–H and O–H groups in total. The molecule has 112 valence electrons. The third-order valence-corrected chi connectivity index (χ3v) is 3.54. The van der Waals surface area contributed by atoms with E-state index in [1.54, 1.807) is 0 Å². The first-order valence-electron chi connectivity index (χ1n) is 5.84. The van der Waals surface area contributed by atoms with Crippen molar-refractivity contribution in [3.8, 4) is 0 Å². The maximum absolute atomic E-state index is 12.8. The van der Waals surface area contributed by atoms with Crippen LogP contribution in [0, 0.1) is 12.7 Å². The number of aryl methyl sites for hydroxylation is 1. The third-order valence-electron chi connectivity index (χ3n) is 2.58. The molecule has 0 fully saturated rings. The highest BCUT2D eigenvalue weighted by Crippen LogP contribution is 2.34. The number of carbonyl (C=O) groups is 1. The first-order chi connectivity index (χ1) is 9.77. The second-order valence-corrected chi connectivity index (χ2v) is 5.42. The van der Waals surface area contributed by atoms with Gasteiger partial charge in [0.1, 0.15) is 10.7 Å². The van der Waals surface area contributed by atoms with Crippen molar-refractivity contribution in [3.63, 3.8) is 0 Å². The van der Waals surface area contributed by atoms with E-state index in [1.165, 1.54) is 31.2 Å². The number of aromatic nitrogens is 1. The molecule has 0 radical (unpaired) electrons. The summed E-state index contributed by atoms with van der Waals surface area (Å²) in [4.78, 5) is 14.7. The number of alkyl halides is 3. The van der Waals surface area contributed by atoms with Gasteiger partial charge in [-0.1, -0.05) is 12.1 Å². The van der Waals surface area contributed by atoms with Crippen molar-refractivity contribution in [3.05, 3.63) is 51.2 Å². The zero-order valence-electron chi connectivity index (χ0n) is 10.8. The molecule has 21 heavy (non-hydrogen) atoms. The number of hydrogen-bond acceptors (Lipinski definition) is 3. The Morgan fingerprint density at radius 3 is 2.48 bits per heavy atom. The van der Waals surface area contributed by atoms with Crippen LogP contribution in [0.4, 0.5) is 17.6 Å². The minimum atomic E-state index is -4.67. The number of amides is 1. The molecule has 0 aliphatic rings. The standard InChI is InChI=1S/C13H10F4N2OS/c1-7-19-11(13(15,16)17)10(21-7)12(20)18-6-8-2-4-9(14)5-3-8/h2-5H,6H2,1H3,(H,18,20). The van der Waals surface area contributed by atoms with Crippen LogP contribution in [-0.4, -0.2) is 10.9 Å². The minimum Gasteiger partial charge on any atom is -0.347 e. The van der Waals surface area contributed by atoms with E-state index in [4.69, 9.17) is 0 Å². The molecule has 0 atom stereocenters. The van der Waals surface area contributed by atoms with Crippen molar-refractivity contribution in [2.45, 2.75) is 19.6 Å². The predicted molar refractivity (Wildman–Crippen MR) is 69.4 cm³/mol. The number of thiazole rings is 1. The van der Waals surface area contributed by atoms with Gasteiger partial charge in [0, 0.05) is 6.54 Å². The Morgan fingerprint density at radius 1 is 1.29 bits per heavy atom. The monoisotopic (exact) mass is 318 g/mol. The van der Waals surface area contributed by atoms with Gasteiger partial charge in [0.2, 0.25) is 0 Å². The Kier molecular flexibility index (Phi) is 4.26. The van der Waals surface area contributed by atoms with Gasteiger partial charge in [-0.2, -0.15) is 13.2 Å². The summed E-state index contributed by atoms with van der Waals surface area (Å²) in [5.74, 6) is -1.28. The molecular weight excluding hydrogens is 308 g/mol. The molecule has 3 nitrogen and oxygen atoms in total. The van der Waals surface area contributed by atoms with Gasteiger partial charge in [-0.05, 0) is 24.6 Å². The molecule has 1 aromatic heterocycles. The highest BCUT2D eigenvalue weighted by Gasteiger charge is 2.39. The summed E-state index contributed by atoms with van der Waals surface area (Å²) >= 11 is 0.684. The van der Waals surface area contributed by atoms with Crippen molar-refractivity contribution in [2.24, 2.45) is 0 Å². The predicted octanol–water partition coefficient (Wildman–Crippen LogP) is 3.54. The molecule has 8 heteroatoms. The zero-order valence-corrected chi connectivity index (χ0v) is 11.6. The lowest BCUT2D eigenvalue weighted by Crippen LogP contribution is -2.24. The SMILES string of the molecule is Cc1nc(C(F)(F)F)c(C(=O)NCc2ccc(F)cc2)s1. The molecule has 0 bridgehead atoms. The fourth-order valence-electron chi connectivity index (χ4n) is 1.64. The van der Waals surface area contributed by atoms with E-state index in [1.807, 2.05) is 0 Å². The molecule has 0 saturated heterocycles. The molecule has 0 aliphatic heterocycles. The quantitative estimate of drug-likeness (QED) is 0.880. The first-order valence-corrected chi connectivity index (χ1v) is 6.66. The van der Waals surface area contributed by atoms with E-state index >= 15 is 0 Å². The molecule has 1 heterocycles. The van der Waals surface area contributed by atoms with E-state index in [9.17, 15) is 22.4 Å². The molecule has 0 spiro atoms. The van der Waals surface area contributed by atoms with E-state index in [0.717, 1.165) is 0 Å². The average Bonchev–Trinajstić information content (AvgIpc) is 2.80. The van der Waals surface area contributed by atoms with Crippen LogP contribution in [0.2, 0.25) is 0 Å². The molecule has 0 saturated carbocycles. The van der Waals surface area contributed by atoms with Crippen molar-refractivity contribution in [2.75, 3.05) is 0 Å². The van der Waals surface area contributed by atoms with Gasteiger partial charge in [-0.3, -0.25) is 4.79 Å². The van der Waals surface area contributed by atoms with E-state index in [0.29, 0.717) is 16.9 Å². The van der Waals surface area contributed by atoms with Crippen LogP contribution in [0.1, 0.15) is 25.9 Å². The summed E-state index contributed by atoms with van der Waals surface area (Å²) in [6.07, 6.45) is -4.67.